The Morgan fingerprint density at radius 2 is 1.00 bits per heavy atom. The molecule has 0 saturated heterocycles. The summed E-state index contributed by atoms with van der Waals surface area (Å²) < 4.78 is 0. The molecule has 0 aliphatic carbocycles. The van der Waals surface area contributed by atoms with Gasteiger partial charge in [0, 0.05) is 30.3 Å². The molecule has 0 radical (unpaired) electrons. The van der Waals surface area contributed by atoms with Crippen LogP contribution in [0.4, 0.5) is 17.1 Å². The molecular weight excluding hydrogens is 346 g/mol. The first-order valence-electron chi connectivity index (χ1n) is 9.81. The van der Waals surface area contributed by atoms with Gasteiger partial charge in [0.15, 0.2) is 0 Å². The van der Waals surface area contributed by atoms with Gasteiger partial charge in [-0.1, -0.05) is 24.3 Å². The molecule has 3 aromatic rings. The fraction of sp³-hybridized carbons (Fsp3) is 0.280. The molecule has 0 spiro atoms. The average molecular weight is 376 g/mol. The Hall–Kier alpha value is -2.62. The molecule has 28 heavy (non-hydrogen) atoms. The van der Waals surface area contributed by atoms with Gasteiger partial charge in [0.1, 0.15) is 0 Å². The van der Waals surface area contributed by atoms with E-state index >= 15 is 0 Å². The lowest BCUT2D eigenvalue weighted by Gasteiger charge is -2.27. The lowest BCUT2D eigenvalue weighted by Crippen LogP contribution is -2.11. The number of aliphatic hydroxyl groups is 2. The first kappa shape index (κ1) is 20.1. The van der Waals surface area contributed by atoms with Gasteiger partial charge < -0.3 is 15.1 Å². The van der Waals surface area contributed by atoms with Gasteiger partial charge in [-0.2, -0.15) is 0 Å². The van der Waals surface area contributed by atoms with Gasteiger partial charge in [-0.25, -0.2) is 0 Å². The van der Waals surface area contributed by atoms with Crippen molar-refractivity contribution in [2.75, 3.05) is 18.1 Å². The molecule has 3 nitrogen and oxygen atoms in total. The van der Waals surface area contributed by atoms with Gasteiger partial charge in [-0.05, 0) is 97.8 Å². The Morgan fingerprint density at radius 3 is 1.36 bits per heavy atom. The highest BCUT2D eigenvalue weighted by Gasteiger charge is 2.14. The molecule has 0 aromatic heterocycles. The Labute approximate surface area is 167 Å². The Balaban J connectivity index is 2.08. The van der Waals surface area contributed by atoms with Crippen LogP contribution in [-0.2, 0) is 12.8 Å². The lowest BCUT2D eigenvalue weighted by atomic mass is 10.0. The maximum absolute atomic E-state index is 9.18. The fourth-order valence-electron chi connectivity index (χ4n) is 3.47. The summed E-state index contributed by atoms with van der Waals surface area (Å²) in [5.74, 6) is 0. The monoisotopic (exact) mass is 375 g/mol. The second-order valence-corrected chi connectivity index (χ2v) is 7.32. The zero-order chi connectivity index (χ0) is 20.1. The summed E-state index contributed by atoms with van der Waals surface area (Å²) in [4.78, 5) is 2.25. The molecule has 0 aliphatic rings. The van der Waals surface area contributed by atoms with E-state index in [-0.39, 0.29) is 13.2 Å². The van der Waals surface area contributed by atoms with E-state index in [2.05, 4.69) is 86.3 Å². The van der Waals surface area contributed by atoms with E-state index in [1.807, 2.05) is 0 Å². The Bertz CT molecular complexity index is 842. The molecule has 3 aromatic carbocycles. The predicted molar refractivity (Wildman–Crippen MR) is 117 cm³/mol. The SMILES string of the molecule is Cc1cc(N(c2ccc(CCO)cc2)c2ccc(CCO)cc2)cc(C)c1C. The van der Waals surface area contributed by atoms with Crippen LogP contribution in [0, 0.1) is 20.8 Å². The number of aliphatic hydroxyl groups excluding tert-OH is 2. The largest absolute Gasteiger partial charge is 0.396 e. The standard InChI is InChI=1S/C25H29NO2/c1-18-16-25(17-19(2)20(18)3)26(23-8-4-21(5-9-23)12-14-27)24-10-6-22(7-11-24)13-15-28/h4-11,16-17,27-28H,12-15H2,1-3H3. The first-order chi connectivity index (χ1) is 13.5. The lowest BCUT2D eigenvalue weighted by molar-refractivity contribution is 0.299. The van der Waals surface area contributed by atoms with Gasteiger partial charge in [0.25, 0.3) is 0 Å². The molecule has 0 saturated carbocycles. The van der Waals surface area contributed by atoms with E-state index < -0.39 is 0 Å². The van der Waals surface area contributed by atoms with Crippen molar-refractivity contribution >= 4 is 17.1 Å². The van der Waals surface area contributed by atoms with Crippen LogP contribution in [0.25, 0.3) is 0 Å². The molecule has 3 rings (SSSR count). The van der Waals surface area contributed by atoms with E-state index in [1.54, 1.807) is 0 Å². The van der Waals surface area contributed by atoms with Crippen molar-refractivity contribution in [1.29, 1.82) is 0 Å². The summed E-state index contributed by atoms with van der Waals surface area (Å²) in [6.07, 6.45) is 1.33. The smallest absolute Gasteiger partial charge is 0.0471 e. The summed E-state index contributed by atoms with van der Waals surface area (Å²) in [5, 5.41) is 18.4. The molecule has 0 unspecified atom stereocenters. The van der Waals surface area contributed by atoms with Crippen LogP contribution in [0.1, 0.15) is 27.8 Å². The third-order valence-corrected chi connectivity index (χ3v) is 5.36. The molecule has 2 N–H and O–H groups in total. The average Bonchev–Trinajstić information content (AvgIpc) is 2.69. The number of anilines is 3. The number of hydrogen-bond donors (Lipinski definition) is 2. The minimum absolute atomic E-state index is 0.158. The van der Waals surface area contributed by atoms with Crippen LogP contribution in [-0.4, -0.2) is 23.4 Å². The minimum atomic E-state index is 0.158. The summed E-state index contributed by atoms with van der Waals surface area (Å²) in [5.41, 5.74) is 9.41. The Kier molecular flexibility index (Phi) is 6.50. The van der Waals surface area contributed by atoms with Crippen LogP contribution in [0.2, 0.25) is 0 Å². The van der Waals surface area contributed by atoms with Crippen molar-refractivity contribution in [1.82, 2.24) is 0 Å². The molecule has 0 atom stereocenters. The van der Waals surface area contributed by atoms with Crippen molar-refractivity contribution in [3.05, 3.63) is 88.5 Å². The first-order valence-corrected chi connectivity index (χ1v) is 9.81. The Morgan fingerprint density at radius 1 is 0.607 bits per heavy atom. The van der Waals surface area contributed by atoms with E-state index in [4.69, 9.17) is 0 Å². The molecule has 0 heterocycles. The summed E-state index contributed by atoms with van der Waals surface area (Å²) in [7, 11) is 0. The van der Waals surface area contributed by atoms with Crippen LogP contribution >= 0.6 is 0 Å². The highest BCUT2D eigenvalue weighted by molar-refractivity contribution is 5.77. The highest BCUT2D eigenvalue weighted by atomic mass is 16.3. The molecule has 0 amide bonds. The number of benzene rings is 3. The summed E-state index contributed by atoms with van der Waals surface area (Å²) >= 11 is 0. The third-order valence-electron chi connectivity index (χ3n) is 5.36. The van der Waals surface area contributed by atoms with E-state index in [1.165, 1.54) is 16.7 Å². The molecule has 146 valence electrons. The van der Waals surface area contributed by atoms with E-state index in [0.717, 1.165) is 28.2 Å². The van der Waals surface area contributed by atoms with Crippen molar-refractivity contribution in [3.63, 3.8) is 0 Å². The second kappa shape index (κ2) is 9.05. The number of aryl methyl sites for hydroxylation is 2. The zero-order valence-corrected chi connectivity index (χ0v) is 16.9. The van der Waals surface area contributed by atoms with Gasteiger partial charge in [0.2, 0.25) is 0 Å². The number of rotatable bonds is 7. The van der Waals surface area contributed by atoms with Gasteiger partial charge in [0.05, 0.1) is 0 Å². The van der Waals surface area contributed by atoms with E-state index in [0.29, 0.717) is 12.8 Å². The van der Waals surface area contributed by atoms with Gasteiger partial charge in [-0.3, -0.25) is 0 Å². The van der Waals surface area contributed by atoms with Crippen LogP contribution in [0.15, 0.2) is 60.7 Å². The topological polar surface area (TPSA) is 43.7 Å². The van der Waals surface area contributed by atoms with Crippen molar-refractivity contribution in [2.45, 2.75) is 33.6 Å². The van der Waals surface area contributed by atoms with Crippen molar-refractivity contribution < 1.29 is 10.2 Å². The predicted octanol–water partition coefficient (Wildman–Crippen LogP) is 5.15. The maximum atomic E-state index is 9.18. The van der Waals surface area contributed by atoms with Crippen LogP contribution in [0.5, 0.6) is 0 Å². The fourth-order valence-corrected chi connectivity index (χ4v) is 3.47. The van der Waals surface area contributed by atoms with Gasteiger partial charge in [-0.15, -0.1) is 0 Å². The van der Waals surface area contributed by atoms with E-state index in [9.17, 15) is 10.2 Å². The minimum Gasteiger partial charge on any atom is -0.396 e. The number of nitrogens with zero attached hydrogens (tertiary/aromatic N) is 1. The normalized spacial score (nSPS) is 10.9. The molecule has 0 bridgehead atoms. The third kappa shape index (κ3) is 4.44. The van der Waals surface area contributed by atoms with Crippen LogP contribution < -0.4 is 4.90 Å². The molecular formula is C25H29NO2. The zero-order valence-electron chi connectivity index (χ0n) is 16.9. The number of hydrogen-bond acceptors (Lipinski definition) is 3. The highest BCUT2D eigenvalue weighted by Crippen LogP contribution is 2.36. The van der Waals surface area contributed by atoms with Crippen molar-refractivity contribution in [3.8, 4) is 0 Å². The maximum Gasteiger partial charge on any atom is 0.0471 e. The van der Waals surface area contributed by atoms with Crippen LogP contribution in [0.3, 0.4) is 0 Å². The quantitative estimate of drug-likeness (QED) is 0.600. The second-order valence-electron chi connectivity index (χ2n) is 7.32. The molecule has 3 heteroatoms. The summed E-state index contributed by atoms with van der Waals surface area (Å²) in [6, 6.07) is 21.2. The molecule has 0 aliphatic heterocycles. The molecule has 0 fully saturated rings. The van der Waals surface area contributed by atoms with Crippen molar-refractivity contribution in [2.24, 2.45) is 0 Å². The van der Waals surface area contributed by atoms with Gasteiger partial charge >= 0.3 is 0 Å². The summed E-state index contributed by atoms with van der Waals surface area (Å²) in [6.45, 7) is 6.78.